The van der Waals surface area contributed by atoms with Gasteiger partial charge in [0.2, 0.25) is 5.82 Å². The van der Waals surface area contributed by atoms with Crippen molar-refractivity contribution in [2.75, 3.05) is 13.2 Å². The number of nitro groups is 1. The van der Waals surface area contributed by atoms with Gasteiger partial charge in [0.05, 0.1) is 23.2 Å². The zero-order chi connectivity index (χ0) is 19.4. The van der Waals surface area contributed by atoms with Crippen LogP contribution < -0.4 is 0 Å². The van der Waals surface area contributed by atoms with Crippen molar-refractivity contribution in [3.8, 4) is 5.69 Å². The van der Waals surface area contributed by atoms with Gasteiger partial charge in [-0.25, -0.2) is 9.59 Å². The molecule has 0 aliphatic carbocycles. The third kappa shape index (κ3) is 3.92. The fourth-order valence-electron chi connectivity index (χ4n) is 1.98. The minimum atomic E-state index is -0.948. The average molecular weight is 403 g/mol. The molecule has 0 aliphatic heterocycles. The van der Waals surface area contributed by atoms with Crippen LogP contribution in [0.15, 0.2) is 12.1 Å². The Hall–Kier alpha value is -2.72. The van der Waals surface area contributed by atoms with E-state index < -0.39 is 34.2 Å². The molecule has 0 spiro atoms. The third-order valence-corrected chi connectivity index (χ3v) is 3.45. The van der Waals surface area contributed by atoms with Crippen LogP contribution in [0.2, 0.25) is 10.0 Å². The van der Waals surface area contributed by atoms with Gasteiger partial charge in [0, 0.05) is 11.1 Å². The maximum Gasteiger partial charge on any atom is 0.378 e. The zero-order valence-electron chi connectivity index (χ0n) is 13.6. The van der Waals surface area contributed by atoms with E-state index in [2.05, 4.69) is 10.1 Å². The van der Waals surface area contributed by atoms with E-state index in [0.717, 1.165) is 10.7 Å². The van der Waals surface area contributed by atoms with Crippen LogP contribution in [0.4, 0.5) is 5.69 Å². The molecule has 0 N–H and O–H groups in total. The molecule has 0 radical (unpaired) electrons. The molecule has 1 aromatic carbocycles. The predicted octanol–water partition coefficient (Wildman–Crippen LogP) is 2.84. The lowest BCUT2D eigenvalue weighted by Gasteiger charge is -2.08. The standard InChI is InChI=1S/C14H12Cl2N4O6/c1-3-25-13(21)11-17-12(14(22)26-4-2)19(18-11)10-8(16)5-7(15)6-9(10)20(23)24/h5-6H,3-4H2,1-2H3. The summed E-state index contributed by atoms with van der Waals surface area (Å²) >= 11 is 11.9. The average Bonchev–Trinajstić information content (AvgIpc) is 2.99. The van der Waals surface area contributed by atoms with E-state index in [0.29, 0.717) is 0 Å². The summed E-state index contributed by atoms with van der Waals surface area (Å²) < 4.78 is 10.4. The van der Waals surface area contributed by atoms with E-state index in [1.165, 1.54) is 6.07 Å². The number of carbonyl (C=O) groups excluding carboxylic acids is 2. The van der Waals surface area contributed by atoms with E-state index in [4.69, 9.17) is 32.7 Å². The first-order valence-electron chi connectivity index (χ1n) is 7.25. The quantitative estimate of drug-likeness (QED) is 0.409. The first-order chi connectivity index (χ1) is 12.3. The largest absolute Gasteiger partial charge is 0.460 e. The Kier molecular flexibility index (Phi) is 6.11. The van der Waals surface area contributed by atoms with Crippen molar-refractivity contribution < 1.29 is 24.0 Å². The Morgan fingerprint density at radius 1 is 1.19 bits per heavy atom. The van der Waals surface area contributed by atoms with Gasteiger partial charge < -0.3 is 9.47 Å². The number of hydrogen-bond donors (Lipinski definition) is 0. The molecule has 138 valence electrons. The minimum Gasteiger partial charge on any atom is -0.460 e. The maximum absolute atomic E-state index is 12.2. The smallest absolute Gasteiger partial charge is 0.378 e. The lowest BCUT2D eigenvalue weighted by atomic mass is 10.2. The van der Waals surface area contributed by atoms with E-state index >= 15 is 0 Å². The Bertz CT molecular complexity index is 883. The molecule has 12 heteroatoms. The van der Waals surface area contributed by atoms with Crippen LogP contribution >= 0.6 is 23.2 Å². The van der Waals surface area contributed by atoms with Crippen LogP contribution in [0.25, 0.3) is 5.69 Å². The first kappa shape index (κ1) is 19.6. The van der Waals surface area contributed by atoms with E-state index in [9.17, 15) is 19.7 Å². The summed E-state index contributed by atoms with van der Waals surface area (Å²) in [5.74, 6) is -2.81. The van der Waals surface area contributed by atoms with Crippen molar-refractivity contribution in [1.82, 2.24) is 14.8 Å². The highest BCUT2D eigenvalue weighted by Gasteiger charge is 2.30. The molecular formula is C14H12Cl2N4O6. The number of hydrogen-bond acceptors (Lipinski definition) is 8. The molecule has 2 rings (SSSR count). The van der Waals surface area contributed by atoms with Crippen molar-refractivity contribution in [3.63, 3.8) is 0 Å². The molecule has 0 fully saturated rings. The number of esters is 2. The number of carbonyl (C=O) groups is 2. The van der Waals surface area contributed by atoms with Crippen molar-refractivity contribution in [2.45, 2.75) is 13.8 Å². The highest BCUT2D eigenvalue weighted by atomic mass is 35.5. The van der Waals surface area contributed by atoms with Gasteiger partial charge in [-0.15, -0.1) is 5.10 Å². The fraction of sp³-hybridized carbons (Fsp3) is 0.286. The first-order valence-corrected chi connectivity index (χ1v) is 8.00. The van der Waals surface area contributed by atoms with Gasteiger partial charge in [0.25, 0.3) is 11.5 Å². The second-order valence-corrected chi connectivity index (χ2v) is 5.47. The number of benzene rings is 1. The van der Waals surface area contributed by atoms with Crippen molar-refractivity contribution >= 4 is 40.8 Å². The Morgan fingerprint density at radius 3 is 2.38 bits per heavy atom. The summed E-state index contributed by atoms with van der Waals surface area (Å²) in [6, 6.07) is 2.26. The number of halogens is 2. The van der Waals surface area contributed by atoms with Crippen LogP contribution in [0, 0.1) is 10.1 Å². The lowest BCUT2D eigenvalue weighted by molar-refractivity contribution is -0.384. The van der Waals surface area contributed by atoms with E-state index in [-0.39, 0.29) is 28.9 Å². The summed E-state index contributed by atoms with van der Waals surface area (Å²) in [6.07, 6.45) is 0. The van der Waals surface area contributed by atoms with Crippen LogP contribution in [0.1, 0.15) is 35.1 Å². The molecule has 0 bridgehead atoms. The second kappa shape index (κ2) is 8.11. The second-order valence-electron chi connectivity index (χ2n) is 4.62. The summed E-state index contributed by atoms with van der Waals surface area (Å²) in [5.41, 5.74) is -0.819. The number of ether oxygens (including phenoxy) is 2. The number of nitro benzene ring substituents is 1. The van der Waals surface area contributed by atoms with Crippen LogP contribution in [0.3, 0.4) is 0 Å². The molecular weight excluding hydrogens is 391 g/mol. The molecule has 1 heterocycles. The van der Waals surface area contributed by atoms with Gasteiger partial charge in [0.1, 0.15) is 0 Å². The van der Waals surface area contributed by atoms with Crippen molar-refractivity contribution in [1.29, 1.82) is 0 Å². The fourth-order valence-corrected chi connectivity index (χ4v) is 2.54. The van der Waals surface area contributed by atoms with Gasteiger partial charge in [-0.2, -0.15) is 9.67 Å². The molecule has 10 nitrogen and oxygen atoms in total. The number of aromatic nitrogens is 3. The van der Waals surface area contributed by atoms with Gasteiger partial charge in [-0.05, 0) is 19.9 Å². The molecule has 1 aromatic heterocycles. The molecule has 26 heavy (non-hydrogen) atoms. The topological polar surface area (TPSA) is 126 Å². The predicted molar refractivity (Wildman–Crippen MR) is 89.9 cm³/mol. The molecule has 0 saturated carbocycles. The van der Waals surface area contributed by atoms with Gasteiger partial charge >= 0.3 is 11.9 Å². The van der Waals surface area contributed by atoms with Gasteiger partial charge in [-0.3, -0.25) is 10.1 Å². The van der Waals surface area contributed by atoms with Crippen LogP contribution in [-0.2, 0) is 9.47 Å². The molecule has 2 aromatic rings. The Morgan fingerprint density at radius 2 is 1.81 bits per heavy atom. The van der Waals surface area contributed by atoms with Crippen molar-refractivity contribution in [2.24, 2.45) is 0 Å². The molecule has 0 atom stereocenters. The van der Waals surface area contributed by atoms with Gasteiger partial charge in [0.15, 0.2) is 5.69 Å². The molecule has 0 amide bonds. The monoisotopic (exact) mass is 402 g/mol. The normalized spacial score (nSPS) is 10.5. The van der Waals surface area contributed by atoms with Crippen LogP contribution in [0.5, 0.6) is 0 Å². The minimum absolute atomic E-state index is 0.00821. The number of nitrogens with zero attached hydrogens (tertiary/aromatic N) is 4. The zero-order valence-corrected chi connectivity index (χ0v) is 15.1. The summed E-state index contributed by atoms with van der Waals surface area (Å²) in [6.45, 7) is 3.19. The highest BCUT2D eigenvalue weighted by Crippen LogP contribution is 2.34. The van der Waals surface area contributed by atoms with E-state index in [1.807, 2.05) is 0 Å². The number of rotatable bonds is 6. The summed E-state index contributed by atoms with van der Waals surface area (Å²) in [5, 5.41) is 15.0. The SMILES string of the molecule is CCOC(=O)c1nc(C(=O)OCC)n(-c2c(Cl)cc(Cl)cc2[N+](=O)[O-])n1. The molecule has 0 unspecified atom stereocenters. The summed E-state index contributed by atoms with van der Waals surface area (Å²) in [7, 11) is 0. The maximum atomic E-state index is 12.2. The highest BCUT2D eigenvalue weighted by molar-refractivity contribution is 6.36. The summed E-state index contributed by atoms with van der Waals surface area (Å²) in [4.78, 5) is 38.4. The van der Waals surface area contributed by atoms with E-state index in [1.54, 1.807) is 13.8 Å². The molecule has 0 saturated heterocycles. The van der Waals surface area contributed by atoms with Gasteiger partial charge in [-0.1, -0.05) is 23.2 Å². The van der Waals surface area contributed by atoms with Crippen molar-refractivity contribution in [3.05, 3.63) is 43.9 Å². The van der Waals surface area contributed by atoms with Crippen LogP contribution in [-0.4, -0.2) is 44.8 Å². The molecule has 0 aliphatic rings. The Labute approximate surface area is 156 Å². The third-order valence-electron chi connectivity index (χ3n) is 2.94. The Balaban J connectivity index is 2.74. The lowest BCUT2D eigenvalue weighted by Crippen LogP contribution is -2.14.